The van der Waals surface area contributed by atoms with Crippen LogP contribution in [0.4, 0.5) is 5.69 Å². The molecule has 0 saturated heterocycles. The topological polar surface area (TPSA) is 117 Å². The summed E-state index contributed by atoms with van der Waals surface area (Å²) in [5.41, 5.74) is 0.0917. The summed E-state index contributed by atoms with van der Waals surface area (Å²) in [4.78, 5) is 49.9. The fourth-order valence-electron chi connectivity index (χ4n) is 3.22. The number of carbonyl (C=O) groups excluding carboxylic acids is 3. The number of hydrogen-bond acceptors (Lipinski definition) is 7. The van der Waals surface area contributed by atoms with Gasteiger partial charge in [-0.15, -0.1) is 0 Å². The molecule has 166 valence electrons. The highest BCUT2D eigenvalue weighted by atomic mass is 16.5. The molecule has 2 aromatic carbocycles. The standard InChI is InChI=1S/C23H23N3O6/c1-4-5-10-26-21(28)18-9-7-6-8-17(18)19(25-26)20(27)24-16-12-14(22(29)31-2)11-15(13-16)23(30)32-3/h6-9,11-13H,4-5,10H2,1-3H3,(H,24,27). The Morgan fingerprint density at radius 1 is 0.969 bits per heavy atom. The van der Waals surface area contributed by atoms with Gasteiger partial charge in [-0.25, -0.2) is 14.3 Å². The lowest BCUT2D eigenvalue weighted by molar-refractivity contribution is 0.0599. The number of aryl methyl sites for hydroxylation is 1. The number of ether oxygens (including phenoxy) is 2. The summed E-state index contributed by atoms with van der Waals surface area (Å²) in [6.07, 6.45) is 1.59. The van der Waals surface area contributed by atoms with Crippen LogP contribution in [0.25, 0.3) is 10.8 Å². The van der Waals surface area contributed by atoms with E-state index in [2.05, 4.69) is 10.4 Å². The van der Waals surface area contributed by atoms with E-state index in [-0.39, 0.29) is 28.1 Å². The molecule has 0 fully saturated rings. The molecule has 0 aliphatic heterocycles. The molecule has 0 aliphatic rings. The number of fused-ring (bicyclic) bond motifs is 1. The summed E-state index contributed by atoms with van der Waals surface area (Å²) in [6.45, 7) is 2.37. The second-order valence-electron chi connectivity index (χ2n) is 7.01. The van der Waals surface area contributed by atoms with E-state index in [4.69, 9.17) is 9.47 Å². The maximum atomic E-state index is 13.1. The molecule has 0 spiro atoms. The van der Waals surface area contributed by atoms with Crippen molar-refractivity contribution in [3.8, 4) is 0 Å². The van der Waals surface area contributed by atoms with Crippen LogP contribution in [0.1, 0.15) is 51.0 Å². The molecule has 3 rings (SSSR count). The third-order valence-corrected chi connectivity index (χ3v) is 4.84. The predicted octanol–water partition coefficient (Wildman–Crippen LogP) is 3.02. The smallest absolute Gasteiger partial charge is 0.337 e. The average molecular weight is 437 g/mol. The van der Waals surface area contributed by atoms with Crippen LogP contribution in [0.5, 0.6) is 0 Å². The van der Waals surface area contributed by atoms with Crippen LogP contribution in [-0.4, -0.2) is 41.8 Å². The molecule has 32 heavy (non-hydrogen) atoms. The number of anilines is 1. The van der Waals surface area contributed by atoms with Crippen molar-refractivity contribution >= 4 is 34.3 Å². The van der Waals surface area contributed by atoms with Gasteiger partial charge in [-0.2, -0.15) is 5.10 Å². The molecular formula is C23H23N3O6. The third-order valence-electron chi connectivity index (χ3n) is 4.84. The maximum Gasteiger partial charge on any atom is 0.337 e. The summed E-state index contributed by atoms with van der Waals surface area (Å²) in [5, 5.41) is 7.73. The highest BCUT2D eigenvalue weighted by Gasteiger charge is 2.19. The average Bonchev–Trinajstić information content (AvgIpc) is 2.82. The van der Waals surface area contributed by atoms with Gasteiger partial charge in [0.2, 0.25) is 0 Å². The largest absolute Gasteiger partial charge is 0.465 e. The summed E-state index contributed by atoms with van der Waals surface area (Å²) >= 11 is 0. The molecule has 0 aliphatic carbocycles. The Hall–Kier alpha value is -4.01. The zero-order chi connectivity index (χ0) is 23.3. The lowest BCUT2D eigenvalue weighted by Crippen LogP contribution is -2.27. The number of aromatic nitrogens is 2. The van der Waals surface area contributed by atoms with Gasteiger partial charge in [-0.3, -0.25) is 9.59 Å². The number of benzene rings is 2. The van der Waals surface area contributed by atoms with Crippen LogP contribution in [-0.2, 0) is 16.0 Å². The summed E-state index contributed by atoms with van der Waals surface area (Å²) < 4.78 is 10.7. The van der Waals surface area contributed by atoms with E-state index in [0.717, 1.165) is 12.8 Å². The van der Waals surface area contributed by atoms with E-state index in [9.17, 15) is 19.2 Å². The van der Waals surface area contributed by atoms with Gasteiger partial charge in [-0.1, -0.05) is 31.5 Å². The van der Waals surface area contributed by atoms with Gasteiger partial charge in [0.1, 0.15) is 0 Å². The fourth-order valence-corrected chi connectivity index (χ4v) is 3.22. The first kappa shape index (κ1) is 22.7. The molecule has 1 amide bonds. The lowest BCUT2D eigenvalue weighted by atomic mass is 10.1. The molecule has 0 bridgehead atoms. The first-order chi connectivity index (χ1) is 15.4. The van der Waals surface area contributed by atoms with Gasteiger partial charge in [0.15, 0.2) is 5.69 Å². The molecule has 0 saturated carbocycles. The van der Waals surface area contributed by atoms with E-state index in [1.54, 1.807) is 24.3 Å². The van der Waals surface area contributed by atoms with Crippen LogP contribution >= 0.6 is 0 Å². The van der Waals surface area contributed by atoms with E-state index >= 15 is 0 Å². The zero-order valence-corrected chi connectivity index (χ0v) is 18.0. The third kappa shape index (κ3) is 4.66. The first-order valence-electron chi connectivity index (χ1n) is 10.0. The van der Waals surface area contributed by atoms with Crippen LogP contribution in [0.2, 0.25) is 0 Å². The van der Waals surface area contributed by atoms with Gasteiger partial charge >= 0.3 is 11.9 Å². The van der Waals surface area contributed by atoms with E-state index < -0.39 is 17.8 Å². The van der Waals surface area contributed by atoms with Gasteiger partial charge in [0, 0.05) is 17.6 Å². The van der Waals surface area contributed by atoms with Crippen molar-refractivity contribution in [1.29, 1.82) is 0 Å². The minimum Gasteiger partial charge on any atom is -0.465 e. The Bertz CT molecular complexity index is 1210. The van der Waals surface area contributed by atoms with Crippen molar-refractivity contribution in [2.75, 3.05) is 19.5 Å². The van der Waals surface area contributed by atoms with Crippen molar-refractivity contribution in [3.63, 3.8) is 0 Å². The molecule has 3 aromatic rings. The number of nitrogens with one attached hydrogen (secondary N) is 1. The van der Waals surface area contributed by atoms with Crippen LogP contribution in [0.15, 0.2) is 47.3 Å². The van der Waals surface area contributed by atoms with Crippen LogP contribution in [0.3, 0.4) is 0 Å². The Balaban J connectivity index is 2.07. The molecular weight excluding hydrogens is 414 g/mol. The molecule has 1 heterocycles. The molecule has 0 radical (unpaired) electrons. The monoisotopic (exact) mass is 437 g/mol. The zero-order valence-electron chi connectivity index (χ0n) is 18.0. The lowest BCUT2D eigenvalue weighted by Gasteiger charge is -2.12. The quantitative estimate of drug-likeness (QED) is 0.565. The first-order valence-corrected chi connectivity index (χ1v) is 10.0. The normalized spacial score (nSPS) is 10.6. The number of hydrogen-bond donors (Lipinski definition) is 1. The van der Waals surface area contributed by atoms with Crippen molar-refractivity contribution in [2.24, 2.45) is 0 Å². The minimum absolute atomic E-state index is 0.0550. The second-order valence-corrected chi connectivity index (χ2v) is 7.01. The van der Waals surface area contributed by atoms with E-state index in [0.29, 0.717) is 17.3 Å². The van der Waals surface area contributed by atoms with Crippen molar-refractivity contribution in [2.45, 2.75) is 26.3 Å². The number of unbranched alkanes of at least 4 members (excludes halogenated alkanes) is 1. The maximum absolute atomic E-state index is 13.1. The van der Waals surface area contributed by atoms with Crippen LogP contribution < -0.4 is 10.9 Å². The minimum atomic E-state index is -0.678. The van der Waals surface area contributed by atoms with Crippen LogP contribution in [0, 0.1) is 0 Å². The number of amides is 1. The highest BCUT2D eigenvalue weighted by Crippen LogP contribution is 2.20. The molecule has 1 aromatic heterocycles. The summed E-state index contributed by atoms with van der Waals surface area (Å²) in [7, 11) is 2.42. The fraction of sp³-hybridized carbons (Fsp3) is 0.261. The van der Waals surface area contributed by atoms with Gasteiger partial charge < -0.3 is 14.8 Å². The second kappa shape index (κ2) is 9.86. The molecule has 9 heteroatoms. The number of esters is 2. The van der Waals surface area contributed by atoms with Crippen molar-refractivity contribution in [3.05, 3.63) is 69.6 Å². The van der Waals surface area contributed by atoms with Gasteiger partial charge in [0.05, 0.1) is 30.7 Å². The van der Waals surface area contributed by atoms with E-state index in [1.807, 2.05) is 6.92 Å². The van der Waals surface area contributed by atoms with Crippen molar-refractivity contribution < 1.29 is 23.9 Å². The number of carbonyl (C=O) groups is 3. The van der Waals surface area contributed by atoms with Gasteiger partial charge in [-0.05, 0) is 30.7 Å². The Kier molecular flexibility index (Phi) is 6.99. The Morgan fingerprint density at radius 3 is 2.12 bits per heavy atom. The molecule has 0 unspecified atom stereocenters. The SMILES string of the molecule is CCCCn1nc(C(=O)Nc2cc(C(=O)OC)cc(C(=O)OC)c2)c2ccccc2c1=O. The summed E-state index contributed by atoms with van der Waals surface area (Å²) in [6, 6.07) is 10.8. The summed E-state index contributed by atoms with van der Waals surface area (Å²) in [5.74, 6) is -1.95. The number of methoxy groups -OCH3 is 2. The number of rotatable bonds is 7. The predicted molar refractivity (Wildman–Crippen MR) is 118 cm³/mol. The van der Waals surface area contributed by atoms with Gasteiger partial charge in [0.25, 0.3) is 11.5 Å². The van der Waals surface area contributed by atoms with E-state index in [1.165, 1.54) is 37.1 Å². The molecule has 1 N–H and O–H groups in total. The van der Waals surface area contributed by atoms with Crippen molar-refractivity contribution in [1.82, 2.24) is 9.78 Å². The Labute approximate surface area is 183 Å². The molecule has 0 atom stereocenters. The molecule has 9 nitrogen and oxygen atoms in total. The Morgan fingerprint density at radius 2 is 1.56 bits per heavy atom. The number of nitrogens with zero attached hydrogens (tertiary/aromatic N) is 2. The highest BCUT2D eigenvalue weighted by molar-refractivity contribution is 6.11.